The molecule has 124 valence electrons. The molecule has 0 aromatic carbocycles. The van der Waals surface area contributed by atoms with Crippen LogP contribution in [0.2, 0.25) is 0 Å². The van der Waals surface area contributed by atoms with E-state index in [0.717, 1.165) is 5.92 Å². The summed E-state index contributed by atoms with van der Waals surface area (Å²) in [6.07, 6.45) is 9.83. The Labute approximate surface area is 133 Å². The maximum atomic E-state index is 3.91. The van der Waals surface area contributed by atoms with E-state index in [0.29, 0.717) is 17.0 Å². The Balaban J connectivity index is 2.09. The highest BCUT2D eigenvalue weighted by Crippen LogP contribution is 2.38. The van der Waals surface area contributed by atoms with Crippen LogP contribution in [-0.2, 0) is 0 Å². The fourth-order valence-electron chi connectivity index (χ4n) is 4.42. The van der Waals surface area contributed by atoms with Crippen LogP contribution in [0.3, 0.4) is 0 Å². The third-order valence-corrected chi connectivity index (χ3v) is 5.89. The molecule has 0 radical (unpaired) electrons. The molecule has 1 N–H and O–H groups in total. The van der Waals surface area contributed by atoms with E-state index in [-0.39, 0.29) is 0 Å². The number of hydrogen-bond acceptors (Lipinski definition) is 2. The van der Waals surface area contributed by atoms with Gasteiger partial charge in [0.15, 0.2) is 0 Å². The van der Waals surface area contributed by atoms with Crippen molar-refractivity contribution in [1.29, 1.82) is 0 Å². The van der Waals surface area contributed by atoms with E-state index in [2.05, 4.69) is 44.8 Å². The molecule has 2 heteroatoms. The highest BCUT2D eigenvalue weighted by Gasteiger charge is 2.44. The third-order valence-electron chi connectivity index (χ3n) is 5.89. The van der Waals surface area contributed by atoms with Crippen LogP contribution in [0.1, 0.15) is 79.6 Å². The van der Waals surface area contributed by atoms with Gasteiger partial charge in [0, 0.05) is 31.2 Å². The van der Waals surface area contributed by atoms with Crippen LogP contribution in [0.5, 0.6) is 0 Å². The average molecular weight is 295 g/mol. The minimum atomic E-state index is 0.364. The average Bonchev–Trinajstić information content (AvgIpc) is 2.41. The van der Waals surface area contributed by atoms with Crippen molar-refractivity contribution in [2.75, 3.05) is 19.6 Å². The van der Waals surface area contributed by atoms with Crippen LogP contribution in [-0.4, -0.2) is 36.1 Å². The third kappa shape index (κ3) is 4.22. The molecule has 0 bridgehead atoms. The van der Waals surface area contributed by atoms with Crippen molar-refractivity contribution in [2.45, 2.75) is 91.1 Å². The monoisotopic (exact) mass is 294 g/mol. The second kappa shape index (κ2) is 7.00. The summed E-state index contributed by atoms with van der Waals surface area (Å²) < 4.78 is 0. The minimum Gasteiger partial charge on any atom is -0.310 e. The van der Waals surface area contributed by atoms with Gasteiger partial charge in [-0.25, -0.2) is 0 Å². The molecule has 0 amide bonds. The quantitative estimate of drug-likeness (QED) is 0.824. The van der Waals surface area contributed by atoms with E-state index in [1.807, 2.05) is 0 Å². The zero-order valence-corrected chi connectivity index (χ0v) is 15.2. The van der Waals surface area contributed by atoms with Crippen molar-refractivity contribution in [3.63, 3.8) is 0 Å². The normalized spacial score (nSPS) is 28.7. The van der Waals surface area contributed by atoms with Gasteiger partial charge in [-0.2, -0.15) is 0 Å². The molecule has 1 saturated carbocycles. The largest absolute Gasteiger partial charge is 0.310 e. The summed E-state index contributed by atoms with van der Waals surface area (Å²) >= 11 is 0. The van der Waals surface area contributed by atoms with Crippen LogP contribution in [0.15, 0.2) is 0 Å². The first-order chi connectivity index (χ1) is 9.87. The SMILES string of the molecule is CCCC(C)CN1CC(C(C)(C)C)NCC12CCCCC2. The maximum Gasteiger partial charge on any atom is 0.0334 e. The van der Waals surface area contributed by atoms with Crippen LogP contribution in [0.25, 0.3) is 0 Å². The molecule has 1 aliphatic heterocycles. The number of piperazine rings is 1. The first kappa shape index (κ1) is 17.3. The molecule has 21 heavy (non-hydrogen) atoms. The lowest BCUT2D eigenvalue weighted by Crippen LogP contribution is -2.68. The zero-order valence-electron chi connectivity index (χ0n) is 15.2. The Morgan fingerprint density at radius 2 is 1.86 bits per heavy atom. The Hall–Kier alpha value is -0.0800. The van der Waals surface area contributed by atoms with Crippen molar-refractivity contribution >= 4 is 0 Å². The van der Waals surface area contributed by atoms with Gasteiger partial charge >= 0.3 is 0 Å². The van der Waals surface area contributed by atoms with Gasteiger partial charge in [-0.3, -0.25) is 4.90 Å². The van der Waals surface area contributed by atoms with Crippen LogP contribution in [0, 0.1) is 11.3 Å². The molecule has 1 saturated heterocycles. The maximum absolute atomic E-state index is 3.91. The van der Waals surface area contributed by atoms with E-state index < -0.39 is 0 Å². The summed E-state index contributed by atoms with van der Waals surface area (Å²) in [7, 11) is 0. The van der Waals surface area contributed by atoms with Gasteiger partial charge in [-0.1, -0.05) is 60.3 Å². The lowest BCUT2D eigenvalue weighted by atomic mass is 9.75. The van der Waals surface area contributed by atoms with Crippen LogP contribution >= 0.6 is 0 Å². The summed E-state index contributed by atoms with van der Waals surface area (Å²) in [6, 6.07) is 0.638. The van der Waals surface area contributed by atoms with Crippen molar-refractivity contribution in [3.8, 4) is 0 Å². The second-order valence-electron chi connectivity index (χ2n) is 8.88. The molecule has 2 unspecified atom stereocenters. The molecule has 2 rings (SSSR count). The Kier molecular flexibility index (Phi) is 5.76. The predicted molar refractivity (Wildman–Crippen MR) is 92.7 cm³/mol. The standard InChI is InChI=1S/C19H38N2/c1-6-10-16(2)13-21-14-17(18(3,4)5)20-15-19(21)11-8-7-9-12-19/h16-17,20H,6-15H2,1-5H3. The van der Waals surface area contributed by atoms with Crippen molar-refractivity contribution in [1.82, 2.24) is 10.2 Å². The molecule has 2 aliphatic rings. The molecule has 1 spiro atoms. The fourth-order valence-corrected chi connectivity index (χ4v) is 4.42. The van der Waals surface area contributed by atoms with E-state index in [1.54, 1.807) is 0 Å². The number of nitrogens with zero attached hydrogens (tertiary/aromatic N) is 1. The van der Waals surface area contributed by atoms with Crippen LogP contribution in [0.4, 0.5) is 0 Å². The zero-order chi connectivity index (χ0) is 15.5. The van der Waals surface area contributed by atoms with Gasteiger partial charge in [0.05, 0.1) is 0 Å². The van der Waals surface area contributed by atoms with E-state index in [4.69, 9.17) is 0 Å². The van der Waals surface area contributed by atoms with Gasteiger partial charge in [0.25, 0.3) is 0 Å². The first-order valence-corrected chi connectivity index (χ1v) is 9.36. The summed E-state index contributed by atoms with van der Waals surface area (Å²) in [5.74, 6) is 0.840. The summed E-state index contributed by atoms with van der Waals surface area (Å²) in [4.78, 5) is 2.90. The van der Waals surface area contributed by atoms with Gasteiger partial charge in [0.2, 0.25) is 0 Å². The van der Waals surface area contributed by atoms with Crippen LogP contribution < -0.4 is 5.32 Å². The smallest absolute Gasteiger partial charge is 0.0334 e. The Bertz CT molecular complexity index is 312. The second-order valence-corrected chi connectivity index (χ2v) is 8.88. The minimum absolute atomic E-state index is 0.364. The first-order valence-electron chi connectivity index (χ1n) is 9.36. The predicted octanol–water partition coefficient (Wildman–Crippen LogP) is 4.45. The molecule has 2 fully saturated rings. The molecule has 1 aliphatic carbocycles. The lowest BCUT2D eigenvalue weighted by Gasteiger charge is -2.55. The molecular formula is C19H38N2. The molecule has 2 nitrogen and oxygen atoms in total. The van der Waals surface area contributed by atoms with Crippen molar-refractivity contribution in [3.05, 3.63) is 0 Å². The lowest BCUT2D eigenvalue weighted by molar-refractivity contribution is -0.0189. The van der Waals surface area contributed by atoms with Crippen molar-refractivity contribution in [2.24, 2.45) is 11.3 Å². The number of hydrogen-bond donors (Lipinski definition) is 1. The van der Waals surface area contributed by atoms with E-state index >= 15 is 0 Å². The topological polar surface area (TPSA) is 15.3 Å². The van der Waals surface area contributed by atoms with Gasteiger partial charge in [0.1, 0.15) is 0 Å². The van der Waals surface area contributed by atoms with Gasteiger partial charge < -0.3 is 5.32 Å². The molecule has 1 heterocycles. The molecular weight excluding hydrogens is 256 g/mol. The Morgan fingerprint density at radius 1 is 1.19 bits per heavy atom. The number of nitrogens with one attached hydrogen (secondary N) is 1. The molecule has 2 atom stereocenters. The van der Waals surface area contributed by atoms with E-state index in [9.17, 15) is 0 Å². The van der Waals surface area contributed by atoms with Gasteiger partial charge in [-0.15, -0.1) is 0 Å². The molecule has 0 aromatic heterocycles. The fraction of sp³-hybridized carbons (Fsp3) is 1.00. The summed E-state index contributed by atoms with van der Waals surface area (Å²) in [5, 5.41) is 3.91. The summed E-state index contributed by atoms with van der Waals surface area (Å²) in [5.41, 5.74) is 0.838. The molecule has 0 aromatic rings. The number of rotatable bonds is 4. The Morgan fingerprint density at radius 3 is 2.43 bits per heavy atom. The highest BCUT2D eigenvalue weighted by atomic mass is 15.3. The summed E-state index contributed by atoms with van der Waals surface area (Å²) in [6.45, 7) is 15.7. The van der Waals surface area contributed by atoms with E-state index in [1.165, 1.54) is 64.6 Å². The van der Waals surface area contributed by atoms with Gasteiger partial charge in [-0.05, 0) is 30.6 Å². The van der Waals surface area contributed by atoms with Crippen molar-refractivity contribution < 1.29 is 0 Å². The highest BCUT2D eigenvalue weighted by molar-refractivity contribution is 5.02.